The Morgan fingerprint density at radius 2 is 2.17 bits per heavy atom. The lowest BCUT2D eigenvalue weighted by molar-refractivity contribution is 0.103. The predicted molar refractivity (Wildman–Crippen MR) is 70.8 cm³/mol. The monoisotopic (exact) mass is 305 g/mol. The average molecular weight is 306 g/mol. The first-order valence-corrected chi connectivity index (χ1v) is 6.30. The van der Waals surface area contributed by atoms with Gasteiger partial charge >= 0.3 is 0 Å². The van der Waals surface area contributed by atoms with E-state index in [9.17, 15) is 9.18 Å². The van der Waals surface area contributed by atoms with Crippen molar-refractivity contribution in [3.63, 3.8) is 0 Å². The van der Waals surface area contributed by atoms with Crippen LogP contribution in [0.1, 0.15) is 16.1 Å². The van der Waals surface area contributed by atoms with E-state index in [-0.39, 0.29) is 11.6 Å². The molecule has 0 radical (unpaired) electrons. The van der Waals surface area contributed by atoms with E-state index in [2.05, 4.69) is 15.9 Å². The number of carbonyl (C=O) groups excluding carboxylic acids is 1. The molecule has 1 aliphatic heterocycles. The molecule has 0 N–H and O–H groups in total. The van der Waals surface area contributed by atoms with Gasteiger partial charge in [-0.1, -0.05) is 15.9 Å². The number of nitrogens with zero attached hydrogens (tertiary/aromatic N) is 1. The van der Waals surface area contributed by atoms with Gasteiger partial charge < -0.3 is 4.57 Å². The smallest absolute Gasteiger partial charge is 0.207 e. The van der Waals surface area contributed by atoms with Crippen LogP contribution >= 0.6 is 15.9 Å². The predicted octanol–water partition coefficient (Wildman–Crippen LogP) is 3.67. The Labute approximate surface area is 112 Å². The second-order valence-electron chi connectivity index (χ2n) is 4.19. The molecule has 18 heavy (non-hydrogen) atoms. The lowest BCUT2D eigenvalue weighted by Gasteiger charge is -2.00. The van der Waals surface area contributed by atoms with Gasteiger partial charge in [-0.25, -0.2) is 4.39 Å². The molecule has 1 aromatic heterocycles. The summed E-state index contributed by atoms with van der Waals surface area (Å²) in [5.41, 5.74) is 1.71. The third-order valence-electron chi connectivity index (χ3n) is 2.98. The maximum Gasteiger partial charge on any atom is 0.207 e. The SMILES string of the molecule is O=C1/C(=C/c2cc(Br)ccc2F)Cn2cccc21. The second-order valence-corrected chi connectivity index (χ2v) is 5.10. The molecule has 2 nitrogen and oxygen atoms in total. The minimum absolute atomic E-state index is 0.0284. The summed E-state index contributed by atoms with van der Waals surface area (Å²) >= 11 is 3.30. The molecule has 2 heterocycles. The molecule has 0 bridgehead atoms. The molecule has 0 atom stereocenters. The Hall–Kier alpha value is -1.68. The first kappa shape index (κ1) is 11.4. The fourth-order valence-corrected chi connectivity index (χ4v) is 2.48. The number of aromatic nitrogens is 1. The quantitative estimate of drug-likeness (QED) is 0.737. The number of benzene rings is 1. The molecule has 0 fully saturated rings. The van der Waals surface area contributed by atoms with E-state index in [1.54, 1.807) is 24.3 Å². The van der Waals surface area contributed by atoms with Gasteiger partial charge in [0, 0.05) is 21.8 Å². The maximum atomic E-state index is 13.6. The molecule has 0 saturated heterocycles. The second kappa shape index (κ2) is 4.21. The van der Waals surface area contributed by atoms with Crippen molar-refractivity contribution >= 4 is 27.8 Å². The Balaban J connectivity index is 2.02. The molecule has 1 aliphatic rings. The molecular formula is C14H9BrFNO. The zero-order valence-corrected chi connectivity index (χ0v) is 10.9. The third kappa shape index (κ3) is 1.82. The van der Waals surface area contributed by atoms with Crippen molar-refractivity contribution < 1.29 is 9.18 Å². The largest absolute Gasteiger partial charge is 0.340 e. The van der Waals surface area contributed by atoms with Crippen LogP contribution in [0.4, 0.5) is 4.39 Å². The van der Waals surface area contributed by atoms with Gasteiger partial charge in [0.25, 0.3) is 0 Å². The van der Waals surface area contributed by atoms with Crippen molar-refractivity contribution in [1.29, 1.82) is 0 Å². The fourth-order valence-electron chi connectivity index (χ4n) is 2.10. The van der Waals surface area contributed by atoms with Gasteiger partial charge in [-0.3, -0.25) is 4.79 Å². The van der Waals surface area contributed by atoms with E-state index in [1.807, 2.05) is 16.8 Å². The van der Waals surface area contributed by atoms with Crippen LogP contribution in [-0.4, -0.2) is 10.4 Å². The first-order chi connectivity index (χ1) is 8.65. The van der Waals surface area contributed by atoms with E-state index in [1.165, 1.54) is 6.07 Å². The summed E-state index contributed by atoms with van der Waals surface area (Å²) in [6.07, 6.45) is 3.47. The molecule has 0 spiro atoms. The van der Waals surface area contributed by atoms with Crippen LogP contribution in [-0.2, 0) is 6.54 Å². The Kier molecular flexibility index (Phi) is 2.67. The minimum atomic E-state index is -0.324. The number of carbonyl (C=O) groups is 1. The average Bonchev–Trinajstić information content (AvgIpc) is 2.89. The number of rotatable bonds is 1. The zero-order chi connectivity index (χ0) is 12.7. The number of Topliss-reactive ketones (excluding diaryl/α,β-unsaturated/α-hetero) is 1. The van der Waals surface area contributed by atoms with Crippen molar-refractivity contribution in [2.75, 3.05) is 0 Å². The van der Waals surface area contributed by atoms with Gasteiger partial charge in [0.2, 0.25) is 5.78 Å². The van der Waals surface area contributed by atoms with Crippen LogP contribution in [0, 0.1) is 5.82 Å². The Morgan fingerprint density at radius 1 is 1.33 bits per heavy atom. The molecule has 0 amide bonds. The van der Waals surface area contributed by atoms with E-state index >= 15 is 0 Å². The van der Waals surface area contributed by atoms with Crippen molar-refractivity contribution in [3.8, 4) is 0 Å². The normalized spacial score (nSPS) is 16.3. The highest BCUT2D eigenvalue weighted by atomic mass is 79.9. The van der Waals surface area contributed by atoms with Crippen LogP contribution in [0.2, 0.25) is 0 Å². The van der Waals surface area contributed by atoms with E-state index in [0.717, 1.165) is 4.47 Å². The highest BCUT2D eigenvalue weighted by Gasteiger charge is 2.24. The minimum Gasteiger partial charge on any atom is -0.340 e. The maximum absolute atomic E-state index is 13.6. The summed E-state index contributed by atoms with van der Waals surface area (Å²) in [7, 11) is 0. The number of hydrogen-bond donors (Lipinski definition) is 0. The summed E-state index contributed by atoms with van der Waals surface area (Å²) in [6.45, 7) is 0.507. The molecule has 0 saturated carbocycles. The topological polar surface area (TPSA) is 22.0 Å². The van der Waals surface area contributed by atoms with Crippen molar-refractivity contribution in [1.82, 2.24) is 4.57 Å². The van der Waals surface area contributed by atoms with Gasteiger partial charge in [-0.05, 0) is 36.4 Å². The molecule has 90 valence electrons. The van der Waals surface area contributed by atoms with Crippen molar-refractivity contribution in [2.24, 2.45) is 0 Å². The highest BCUT2D eigenvalue weighted by molar-refractivity contribution is 9.10. The fraction of sp³-hybridized carbons (Fsp3) is 0.0714. The highest BCUT2D eigenvalue weighted by Crippen LogP contribution is 2.24. The van der Waals surface area contributed by atoms with E-state index < -0.39 is 0 Å². The van der Waals surface area contributed by atoms with E-state index in [0.29, 0.717) is 23.4 Å². The summed E-state index contributed by atoms with van der Waals surface area (Å²) in [6, 6.07) is 8.31. The van der Waals surface area contributed by atoms with Gasteiger partial charge in [0.05, 0.1) is 12.2 Å². The van der Waals surface area contributed by atoms with Gasteiger partial charge in [-0.15, -0.1) is 0 Å². The van der Waals surface area contributed by atoms with Crippen LogP contribution in [0.3, 0.4) is 0 Å². The van der Waals surface area contributed by atoms with Gasteiger partial charge in [0.15, 0.2) is 0 Å². The molecule has 4 heteroatoms. The van der Waals surface area contributed by atoms with Crippen LogP contribution < -0.4 is 0 Å². The zero-order valence-electron chi connectivity index (χ0n) is 9.36. The standard InChI is InChI=1S/C14H9BrFNO/c15-11-3-4-12(16)9(7-11)6-10-8-17-5-1-2-13(17)14(10)18/h1-7H,8H2/b10-6+. The summed E-state index contributed by atoms with van der Waals surface area (Å²) in [5.74, 6) is -0.352. The van der Waals surface area contributed by atoms with Crippen LogP contribution in [0.5, 0.6) is 0 Å². The van der Waals surface area contributed by atoms with Crippen molar-refractivity contribution in [3.05, 3.63) is 63.6 Å². The lowest BCUT2D eigenvalue weighted by atomic mass is 10.1. The lowest BCUT2D eigenvalue weighted by Crippen LogP contribution is -1.95. The van der Waals surface area contributed by atoms with Crippen LogP contribution in [0.25, 0.3) is 6.08 Å². The number of halogens is 2. The molecular weight excluding hydrogens is 297 g/mol. The van der Waals surface area contributed by atoms with Gasteiger partial charge in [0.1, 0.15) is 5.82 Å². The summed E-state index contributed by atoms with van der Waals surface area (Å²) in [5, 5.41) is 0. The summed E-state index contributed by atoms with van der Waals surface area (Å²) in [4.78, 5) is 12.0. The number of fused-ring (bicyclic) bond motifs is 1. The molecule has 0 aliphatic carbocycles. The molecule has 2 aromatic rings. The number of ketones is 1. The number of allylic oxidation sites excluding steroid dienone is 1. The molecule has 1 aromatic carbocycles. The van der Waals surface area contributed by atoms with Crippen LogP contribution in [0.15, 0.2) is 46.6 Å². The van der Waals surface area contributed by atoms with E-state index in [4.69, 9.17) is 0 Å². The molecule has 0 unspecified atom stereocenters. The molecule has 3 rings (SSSR count). The Morgan fingerprint density at radius 3 is 2.94 bits per heavy atom. The van der Waals surface area contributed by atoms with Crippen molar-refractivity contribution in [2.45, 2.75) is 6.54 Å². The Bertz CT molecular complexity index is 672. The first-order valence-electron chi connectivity index (χ1n) is 5.50. The number of hydrogen-bond acceptors (Lipinski definition) is 1. The van der Waals surface area contributed by atoms with Gasteiger partial charge in [-0.2, -0.15) is 0 Å². The third-order valence-corrected chi connectivity index (χ3v) is 3.48. The summed E-state index contributed by atoms with van der Waals surface area (Å²) < 4.78 is 16.3.